The van der Waals surface area contributed by atoms with Crippen molar-refractivity contribution in [3.63, 3.8) is 0 Å². The van der Waals surface area contributed by atoms with E-state index in [-0.39, 0.29) is 5.56 Å². The second-order valence-corrected chi connectivity index (χ2v) is 5.00. The van der Waals surface area contributed by atoms with Crippen LogP contribution in [0.3, 0.4) is 0 Å². The van der Waals surface area contributed by atoms with Gasteiger partial charge in [-0.25, -0.2) is 9.59 Å². The molecule has 2 amide bonds. The lowest BCUT2D eigenvalue weighted by molar-refractivity contribution is 0.0697. The van der Waals surface area contributed by atoms with E-state index in [0.717, 1.165) is 0 Å². The Morgan fingerprint density at radius 2 is 2.14 bits per heavy atom. The average molecular weight is 354 g/mol. The van der Waals surface area contributed by atoms with Gasteiger partial charge in [-0.05, 0) is 18.2 Å². The monoisotopic (exact) mass is 353 g/mol. The van der Waals surface area contributed by atoms with Gasteiger partial charge in [-0.2, -0.15) is 0 Å². The lowest BCUT2D eigenvalue weighted by atomic mass is 10.2. The molecular formula is C12H12BrN5O3. The molecule has 0 aliphatic rings. The van der Waals surface area contributed by atoms with Crippen molar-refractivity contribution in [1.29, 1.82) is 0 Å². The molecule has 0 atom stereocenters. The zero-order valence-corrected chi connectivity index (χ0v) is 12.4. The number of carbonyl (C=O) groups excluding carboxylic acids is 1. The number of carboxylic acid groups (broad SMARTS) is 1. The highest BCUT2D eigenvalue weighted by Gasteiger charge is 2.08. The molecule has 0 spiro atoms. The van der Waals surface area contributed by atoms with Crippen LogP contribution < -0.4 is 10.6 Å². The number of anilines is 1. The fraction of sp³-hybridized carbons (Fsp3) is 0.167. The minimum absolute atomic E-state index is 0.0855. The maximum absolute atomic E-state index is 11.7. The smallest absolute Gasteiger partial charge is 0.335 e. The van der Waals surface area contributed by atoms with Crippen molar-refractivity contribution >= 4 is 33.6 Å². The van der Waals surface area contributed by atoms with Crippen molar-refractivity contribution in [2.45, 2.75) is 6.54 Å². The Kier molecular flexibility index (Phi) is 4.88. The van der Waals surface area contributed by atoms with E-state index in [4.69, 9.17) is 5.11 Å². The Morgan fingerprint density at radius 3 is 2.81 bits per heavy atom. The molecule has 2 aromatic rings. The summed E-state index contributed by atoms with van der Waals surface area (Å²) in [7, 11) is 0. The first-order valence-corrected chi connectivity index (χ1v) is 6.77. The van der Waals surface area contributed by atoms with Crippen molar-refractivity contribution in [2.75, 3.05) is 11.9 Å². The largest absolute Gasteiger partial charge is 0.478 e. The van der Waals surface area contributed by atoms with E-state index in [1.165, 1.54) is 12.1 Å². The number of amides is 2. The van der Waals surface area contributed by atoms with E-state index in [0.29, 0.717) is 23.2 Å². The summed E-state index contributed by atoms with van der Waals surface area (Å²) in [4.78, 5) is 22.6. The fourth-order valence-corrected chi connectivity index (χ4v) is 2.09. The van der Waals surface area contributed by atoms with Gasteiger partial charge in [0.05, 0.1) is 18.3 Å². The van der Waals surface area contributed by atoms with E-state index in [2.05, 4.69) is 36.9 Å². The van der Waals surface area contributed by atoms with Crippen LogP contribution in [0.5, 0.6) is 0 Å². The summed E-state index contributed by atoms with van der Waals surface area (Å²) >= 11 is 3.20. The molecule has 1 aromatic carbocycles. The van der Waals surface area contributed by atoms with Crippen LogP contribution in [0.2, 0.25) is 0 Å². The summed E-state index contributed by atoms with van der Waals surface area (Å²) < 4.78 is 2.15. The second-order valence-electron chi connectivity index (χ2n) is 4.08. The van der Waals surface area contributed by atoms with Crippen molar-refractivity contribution in [3.05, 3.63) is 40.6 Å². The van der Waals surface area contributed by atoms with Crippen LogP contribution in [-0.2, 0) is 6.54 Å². The van der Waals surface area contributed by atoms with Crippen molar-refractivity contribution in [1.82, 2.24) is 20.3 Å². The molecule has 0 saturated carbocycles. The lowest BCUT2D eigenvalue weighted by Gasteiger charge is -2.08. The van der Waals surface area contributed by atoms with Crippen LogP contribution in [0, 0.1) is 0 Å². The standard InChI is InChI=1S/C12H12BrN5O3/c13-9-5-8(11(19)20)6-10(7-9)16-12(21)14-1-3-18-4-2-15-17-18/h2,4-7H,1,3H2,(H,19,20)(H2,14,16,21). The molecule has 2 rings (SSSR count). The maximum atomic E-state index is 11.7. The van der Waals surface area contributed by atoms with Gasteiger partial charge in [-0.15, -0.1) is 5.10 Å². The summed E-state index contributed by atoms with van der Waals surface area (Å²) in [5.74, 6) is -1.06. The van der Waals surface area contributed by atoms with Gasteiger partial charge in [0.25, 0.3) is 0 Å². The molecule has 0 bridgehead atoms. The summed E-state index contributed by atoms with van der Waals surface area (Å²) in [6.07, 6.45) is 3.24. The topological polar surface area (TPSA) is 109 Å². The van der Waals surface area contributed by atoms with E-state index in [9.17, 15) is 9.59 Å². The Morgan fingerprint density at radius 1 is 1.33 bits per heavy atom. The van der Waals surface area contributed by atoms with Crippen LogP contribution >= 0.6 is 15.9 Å². The highest BCUT2D eigenvalue weighted by Crippen LogP contribution is 2.19. The van der Waals surface area contributed by atoms with Crippen LogP contribution in [0.15, 0.2) is 35.1 Å². The summed E-state index contributed by atoms with van der Waals surface area (Å²) in [6, 6.07) is 4.02. The number of aromatic carboxylic acids is 1. The number of halogens is 1. The number of rotatable bonds is 5. The first-order valence-electron chi connectivity index (χ1n) is 5.97. The Labute approximate surface area is 128 Å². The van der Waals surface area contributed by atoms with E-state index < -0.39 is 12.0 Å². The van der Waals surface area contributed by atoms with Gasteiger partial charge in [0.1, 0.15) is 0 Å². The van der Waals surface area contributed by atoms with E-state index >= 15 is 0 Å². The first kappa shape index (κ1) is 15.0. The molecule has 0 unspecified atom stereocenters. The van der Waals surface area contributed by atoms with Crippen molar-refractivity contribution in [2.24, 2.45) is 0 Å². The zero-order valence-electron chi connectivity index (χ0n) is 10.8. The third-order valence-electron chi connectivity index (χ3n) is 2.50. The maximum Gasteiger partial charge on any atom is 0.335 e. The second kappa shape index (κ2) is 6.84. The van der Waals surface area contributed by atoms with Gasteiger partial charge in [0.2, 0.25) is 0 Å². The zero-order chi connectivity index (χ0) is 15.2. The molecular weight excluding hydrogens is 342 g/mol. The number of benzene rings is 1. The minimum atomic E-state index is -1.06. The molecule has 0 aliphatic carbocycles. The third kappa shape index (κ3) is 4.56. The summed E-state index contributed by atoms with van der Waals surface area (Å²) in [6.45, 7) is 0.862. The highest BCUT2D eigenvalue weighted by molar-refractivity contribution is 9.10. The van der Waals surface area contributed by atoms with Gasteiger partial charge in [-0.3, -0.25) is 4.68 Å². The summed E-state index contributed by atoms with van der Waals surface area (Å²) in [5, 5.41) is 21.6. The number of carbonyl (C=O) groups is 2. The third-order valence-corrected chi connectivity index (χ3v) is 2.96. The number of hydrogen-bond acceptors (Lipinski definition) is 4. The van der Waals surface area contributed by atoms with Gasteiger partial charge in [0.15, 0.2) is 0 Å². The summed E-state index contributed by atoms with van der Waals surface area (Å²) in [5.41, 5.74) is 0.474. The number of carboxylic acids is 1. The molecule has 1 heterocycles. The Hall–Kier alpha value is -2.42. The van der Waals surface area contributed by atoms with Crippen LogP contribution in [0.25, 0.3) is 0 Å². The van der Waals surface area contributed by atoms with Gasteiger partial charge in [0, 0.05) is 22.9 Å². The molecule has 110 valence electrons. The van der Waals surface area contributed by atoms with Gasteiger partial charge in [-0.1, -0.05) is 21.1 Å². The first-order chi connectivity index (χ1) is 10.0. The molecule has 0 saturated heterocycles. The van der Waals surface area contributed by atoms with Crippen LogP contribution in [0.1, 0.15) is 10.4 Å². The Balaban J connectivity index is 1.88. The molecule has 3 N–H and O–H groups in total. The molecule has 0 aliphatic heterocycles. The fourth-order valence-electron chi connectivity index (χ4n) is 1.60. The van der Waals surface area contributed by atoms with E-state index in [1.807, 2.05) is 0 Å². The molecule has 21 heavy (non-hydrogen) atoms. The van der Waals surface area contributed by atoms with Gasteiger partial charge >= 0.3 is 12.0 Å². The van der Waals surface area contributed by atoms with Crippen LogP contribution in [-0.4, -0.2) is 38.6 Å². The van der Waals surface area contributed by atoms with Crippen LogP contribution in [0.4, 0.5) is 10.5 Å². The predicted octanol–water partition coefficient (Wildman–Crippen LogP) is 1.56. The molecule has 0 radical (unpaired) electrons. The minimum Gasteiger partial charge on any atom is -0.478 e. The van der Waals surface area contributed by atoms with Crippen molar-refractivity contribution < 1.29 is 14.7 Å². The molecule has 0 fully saturated rings. The SMILES string of the molecule is O=C(NCCn1ccnn1)Nc1cc(Br)cc(C(=O)O)c1. The number of nitrogens with zero attached hydrogens (tertiary/aromatic N) is 3. The van der Waals surface area contributed by atoms with E-state index in [1.54, 1.807) is 23.1 Å². The van der Waals surface area contributed by atoms with Gasteiger partial charge < -0.3 is 15.7 Å². The quantitative estimate of drug-likeness (QED) is 0.755. The molecule has 9 heteroatoms. The number of nitrogens with one attached hydrogen (secondary N) is 2. The average Bonchev–Trinajstić information content (AvgIpc) is 2.91. The number of urea groups is 1. The molecule has 1 aromatic heterocycles. The number of hydrogen-bond donors (Lipinski definition) is 3. The number of aromatic nitrogens is 3. The van der Waals surface area contributed by atoms with Crippen molar-refractivity contribution in [3.8, 4) is 0 Å². The Bertz CT molecular complexity index is 644. The predicted molar refractivity (Wildman–Crippen MR) is 78.1 cm³/mol. The lowest BCUT2D eigenvalue weighted by Crippen LogP contribution is -2.31. The normalized spacial score (nSPS) is 10.1. The highest BCUT2D eigenvalue weighted by atomic mass is 79.9. The molecule has 8 nitrogen and oxygen atoms in total.